The van der Waals surface area contributed by atoms with Gasteiger partial charge in [0.1, 0.15) is 0 Å². The lowest BCUT2D eigenvalue weighted by atomic mass is 10.3. The SMILES string of the molecule is C=C(C)CC[Si](OC)OC. The summed E-state index contributed by atoms with van der Waals surface area (Å²) >= 11 is 0. The van der Waals surface area contributed by atoms with E-state index in [1.807, 2.05) is 6.92 Å². The van der Waals surface area contributed by atoms with Crippen molar-refractivity contribution in [2.24, 2.45) is 0 Å². The normalized spacial score (nSPS) is 10.4. The highest BCUT2D eigenvalue weighted by Gasteiger charge is 2.10. The van der Waals surface area contributed by atoms with Crippen molar-refractivity contribution >= 4 is 9.28 Å². The van der Waals surface area contributed by atoms with E-state index in [0.717, 1.165) is 12.5 Å². The highest BCUT2D eigenvalue weighted by molar-refractivity contribution is 6.44. The molecule has 0 spiro atoms. The molecule has 0 unspecified atom stereocenters. The van der Waals surface area contributed by atoms with E-state index in [9.17, 15) is 0 Å². The van der Waals surface area contributed by atoms with Crippen molar-refractivity contribution in [3.8, 4) is 0 Å². The van der Waals surface area contributed by atoms with E-state index in [1.54, 1.807) is 14.2 Å². The quantitative estimate of drug-likeness (QED) is 0.449. The summed E-state index contributed by atoms with van der Waals surface area (Å²) in [5, 5.41) is 0. The number of hydrogen-bond donors (Lipinski definition) is 0. The second-order valence-electron chi connectivity index (χ2n) is 2.24. The molecule has 0 aliphatic carbocycles. The fourth-order valence-electron chi connectivity index (χ4n) is 0.603. The molecule has 0 bridgehead atoms. The van der Waals surface area contributed by atoms with Gasteiger partial charge in [0.15, 0.2) is 0 Å². The van der Waals surface area contributed by atoms with Crippen LogP contribution in [0.1, 0.15) is 13.3 Å². The molecule has 0 amide bonds. The van der Waals surface area contributed by atoms with E-state index < -0.39 is 9.28 Å². The topological polar surface area (TPSA) is 18.5 Å². The third-order valence-corrected chi connectivity index (χ3v) is 2.78. The molecule has 3 heteroatoms. The molecule has 2 nitrogen and oxygen atoms in total. The number of rotatable bonds is 5. The first-order valence-electron chi connectivity index (χ1n) is 3.29. The minimum Gasteiger partial charge on any atom is -0.397 e. The first-order chi connectivity index (χ1) is 4.70. The summed E-state index contributed by atoms with van der Waals surface area (Å²) in [7, 11) is 2.40. The zero-order valence-electron chi connectivity index (χ0n) is 6.94. The largest absolute Gasteiger partial charge is 0.397 e. The zero-order chi connectivity index (χ0) is 7.98. The van der Waals surface area contributed by atoms with Crippen LogP contribution in [0.25, 0.3) is 0 Å². The maximum atomic E-state index is 5.09. The van der Waals surface area contributed by atoms with E-state index in [2.05, 4.69) is 6.58 Å². The minimum absolute atomic E-state index is 0.979. The van der Waals surface area contributed by atoms with Gasteiger partial charge in [0.05, 0.1) is 0 Å². The maximum Gasteiger partial charge on any atom is 0.384 e. The van der Waals surface area contributed by atoms with Crippen molar-refractivity contribution in [1.29, 1.82) is 0 Å². The van der Waals surface area contributed by atoms with Crippen molar-refractivity contribution in [2.75, 3.05) is 14.2 Å². The van der Waals surface area contributed by atoms with Crippen molar-refractivity contribution in [1.82, 2.24) is 0 Å². The van der Waals surface area contributed by atoms with Crippen LogP contribution < -0.4 is 0 Å². The zero-order valence-corrected chi connectivity index (χ0v) is 7.94. The van der Waals surface area contributed by atoms with Gasteiger partial charge >= 0.3 is 9.28 Å². The highest BCUT2D eigenvalue weighted by Crippen LogP contribution is 2.05. The molecule has 1 radical (unpaired) electrons. The predicted octanol–water partition coefficient (Wildman–Crippen LogP) is 1.73. The van der Waals surface area contributed by atoms with Crippen LogP contribution in [-0.2, 0) is 8.85 Å². The van der Waals surface area contributed by atoms with Crippen LogP contribution >= 0.6 is 0 Å². The Morgan fingerprint density at radius 1 is 1.40 bits per heavy atom. The van der Waals surface area contributed by atoms with Gasteiger partial charge in [-0.1, -0.05) is 5.57 Å². The summed E-state index contributed by atoms with van der Waals surface area (Å²) in [6, 6.07) is 0.993. The Morgan fingerprint density at radius 2 is 1.90 bits per heavy atom. The molecule has 0 aromatic rings. The predicted molar refractivity (Wildman–Crippen MR) is 44.0 cm³/mol. The van der Waals surface area contributed by atoms with Crippen LogP contribution in [0.5, 0.6) is 0 Å². The number of allylic oxidation sites excluding steroid dienone is 1. The lowest BCUT2D eigenvalue weighted by Gasteiger charge is -2.07. The molecule has 59 valence electrons. The molecule has 0 aromatic heterocycles. The Labute approximate surface area is 64.7 Å². The van der Waals surface area contributed by atoms with Crippen LogP contribution in [0.2, 0.25) is 6.04 Å². The fourth-order valence-corrected chi connectivity index (χ4v) is 1.81. The van der Waals surface area contributed by atoms with E-state index in [1.165, 1.54) is 5.57 Å². The third-order valence-electron chi connectivity index (χ3n) is 1.21. The van der Waals surface area contributed by atoms with Crippen LogP contribution in [0.3, 0.4) is 0 Å². The van der Waals surface area contributed by atoms with Gasteiger partial charge in [-0.2, -0.15) is 0 Å². The van der Waals surface area contributed by atoms with E-state index in [-0.39, 0.29) is 0 Å². The van der Waals surface area contributed by atoms with Crippen LogP contribution in [0.4, 0.5) is 0 Å². The van der Waals surface area contributed by atoms with Crippen molar-refractivity contribution < 1.29 is 8.85 Å². The Hall–Kier alpha value is -0.123. The Morgan fingerprint density at radius 3 is 2.20 bits per heavy atom. The molecule has 0 saturated heterocycles. The van der Waals surface area contributed by atoms with E-state index in [0.29, 0.717) is 0 Å². The Bertz CT molecular complexity index is 99.8. The second kappa shape index (κ2) is 5.65. The average Bonchev–Trinajstić information content (AvgIpc) is 1.90. The molecule has 0 aromatic carbocycles. The van der Waals surface area contributed by atoms with E-state index >= 15 is 0 Å². The van der Waals surface area contributed by atoms with Gasteiger partial charge in [-0.05, 0) is 19.4 Å². The maximum absolute atomic E-state index is 5.09. The first-order valence-corrected chi connectivity index (χ1v) is 4.81. The van der Waals surface area contributed by atoms with Crippen molar-refractivity contribution in [2.45, 2.75) is 19.4 Å². The molecule has 0 aliphatic rings. The van der Waals surface area contributed by atoms with Gasteiger partial charge in [-0.15, -0.1) is 6.58 Å². The summed E-state index contributed by atoms with van der Waals surface area (Å²) < 4.78 is 10.2. The molecule has 0 rings (SSSR count). The molecule has 0 aliphatic heterocycles. The second-order valence-corrected chi connectivity index (χ2v) is 4.30. The van der Waals surface area contributed by atoms with Gasteiger partial charge in [0.2, 0.25) is 0 Å². The molecule has 0 atom stereocenters. The van der Waals surface area contributed by atoms with Crippen LogP contribution in [0, 0.1) is 0 Å². The van der Waals surface area contributed by atoms with E-state index in [4.69, 9.17) is 8.85 Å². The Kier molecular flexibility index (Phi) is 5.58. The van der Waals surface area contributed by atoms with Crippen LogP contribution in [0.15, 0.2) is 12.2 Å². The summed E-state index contributed by atoms with van der Waals surface area (Å²) in [5.74, 6) is 0. The summed E-state index contributed by atoms with van der Waals surface area (Å²) in [5.41, 5.74) is 1.19. The molecule has 10 heavy (non-hydrogen) atoms. The highest BCUT2D eigenvalue weighted by atomic mass is 28.3. The summed E-state index contributed by atoms with van der Waals surface area (Å²) in [4.78, 5) is 0. The summed E-state index contributed by atoms with van der Waals surface area (Å²) in [6.07, 6.45) is 1.01. The van der Waals surface area contributed by atoms with Crippen molar-refractivity contribution in [3.63, 3.8) is 0 Å². The monoisotopic (exact) mass is 159 g/mol. The molecule has 0 heterocycles. The fraction of sp³-hybridized carbons (Fsp3) is 0.714. The average molecular weight is 159 g/mol. The standard InChI is InChI=1S/C7H15O2Si/c1-7(2)5-6-10(8-3)9-4/h1,5-6H2,2-4H3. The van der Waals surface area contributed by atoms with Gasteiger partial charge in [-0.3, -0.25) is 0 Å². The molecule has 0 fully saturated rings. The Balaban J connectivity index is 3.34. The molecule has 0 N–H and O–H groups in total. The lowest BCUT2D eigenvalue weighted by Crippen LogP contribution is -2.18. The van der Waals surface area contributed by atoms with Gasteiger partial charge in [0.25, 0.3) is 0 Å². The third kappa shape index (κ3) is 4.73. The van der Waals surface area contributed by atoms with Gasteiger partial charge in [-0.25, -0.2) is 0 Å². The molecular weight excluding hydrogens is 144 g/mol. The van der Waals surface area contributed by atoms with Gasteiger partial charge in [0, 0.05) is 14.2 Å². The van der Waals surface area contributed by atoms with Gasteiger partial charge < -0.3 is 8.85 Å². The minimum atomic E-state index is -0.979. The lowest BCUT2D eigenvalue weighted by molar-refractivity contribution is 0.277. The van der Waals surface area contributed by atoms with Crippen molar-refractivity contribution in [3.05, 3.63) is 12.2 Å². The first kappa shape index (κ1) is 9.88. The summed E-state index contributed by atoms with van der Waals surface area (Å²) in [6.45, 7) is 5.82. The smallest absolute Gasteiger partial charge is 0.384 e. The molecule has 0 saturated carbocycles. The van der Waals surface area contributed by atoms with Crippen LogP contribution in [-0.4, -0.2) is 23.5 Å². The number of hydrogen-bond acceptors (Lipinski definition) is 2. The molecular formula is C7H15O2Si.